The van der Waals surface area contributed by atoms with Crippen molar-refractivity contribution in [2.45, 2.75) is 58.9 Å². The smallest absolute Gasteiger partial charge is 0.191 e. The van der Waals surface area contributed by atoms with Gasteiger partial charge in [0.05, 0.1) is 0 Å². The van der Waals surface area contributed by atoms with Gasteiger partial charge in [0.2, 0.25) is 0 Å². The fourth-order valence-corrected chi connectivity index (χ4v) is 2.68. The molecule has 0 aromatic carbocycles. The molecule has 0 aromatic rings. The maximum Gasteiger partial charge on any atom is 0.191 e. The monoisotopic (exact) mass is 239 g/mol. The van der Waals surface area contributed by atoms with Crippen molar-refractivity contribution in [2.75, 3.05) is 13.6 Å². The second-order valence-corrected chi connectivity index (χ2v) is 5.72. The molecule has 100 valence electrons. The van der Waals surface area contributed by atoms with Crippen LogP contribution >= 0.6 is 0 Å². The Labute approximate surface area is 106 Å². The van der Waals surface area contributed by atoms with E-state index in [2.05, 4.69) is 36.4 Å². The normalized spacial score (nSPS) is 26.1. The van der Waals surface area contributed by atoms with E-state index in [4.69, 9.17) is 0 Å². The molecule has 0 saturated heterocycles. The molecule has 1 aliphatic rings. The molecule has 1 aliphatic carbocycles. The zero-order valence-corrected chi connectivity index (χ0v) is 11.9. The van der Waals surface area contributed by atoms with Crippen molar-refractivity contribution >= 4 is 5.96 Å². The SMILES string of the molecule is CN=C(NCCC1CCCC(C)C1)NC(C)C. The van der Waals surface area contributed by atoms with Gasteiger partial charge in [-0.25, -0.2) is 0 Å². The molecule has 0 aromatic heterocycles. The number of aliphatic imine (C=N–C) groups is 1. The number of nitrogens with zero attached hydrogens (tertiary/aromatic N) is 1. The zero-order valence-electron chi connectivity index (χ0n) is 11.9. The molecular formula is C14H29N3. The van der Waals surface area contributed by atoms with Crippen LogP contribution in [0.5, 0.6) is 0 Å². The third-order valence-corrected chi connectivity index (χ3v) is 3.54. The molecule has 0 heterocycles. The van der Waals surface area contributed by atoms with Crippen molar-refractivity contribution in [3.8, 4) is 0 Å². The van der Waals surface area contributed by atoms with E-state index in [9.17, 15) is 0 Å². The first-order chi connectivity index (χ1) is 8.11. The van der Waals surface area contributed by atoms with Crippen LogP contribution in [0.2, 0.25) is 0 Å². The van der Waals surface area contributed by atoms with Crippen LogP contribution in [0.15, 0.2) is 4.99 Å². The van der Waals surface area contributed by atoms with E-state index in [1.54, 1.807) is 0 Å². The van der Waals surface area contributed by atoms with Crippen molar-refractivity contribution in [2.24, 2.45) is 16.8 Å². The van der Waals surface area contributed by atoms with Crippen molar-refractivity contribution in [3.05, 3.63) is 0 Å². The first-order valence-electron chi connectivity index (χ1n) is 7.09. The second-order valence-electron chi connectivity index (χ2n) is 5.72. The van der Waals surface area contributed by atoms with Crippen LogP contribution in [0, 0.1) is 11.8 Å². The molecule has 1 rings (SSSR count). The maximum absolute atomic E-state index is 4.22. The van der Waals surface area contributed by atoms with E-state index < -0.39 is 0 Å². The van der Waals surface area contributed by atoms with Gasteiger partial charge in [-0.15, -0.1) is 0 Å². The highest BCUT2D eigenvalue weighted by Gasteiger charge is 2.18. The number of guanidine groups is 1. The molecule has 0 spiro atoms. The van der Waals surface area contributed by atoms with Crippen LogP contribution < -0.4 is 10.6 Å². The van der Waals surface area contributed by atoms with Gasteiger partial charge in [0.1, 0.15) is 0 Å². The van der Waals surface area contributed by atoms with E-state index in [0.29, 0.717) is 6.04 Å². The standard InChI is InChI=1S/C14H29N3/c1-11(2)17-14(15-4)16-9-8-13-7-5-6-12(3)10-13/h11-13H,5-10H2,1-4H3,(H2,15,16,17). The number of hydrogen-bond acceptors (Lipinski definition) is 1. The molecular weight excluding hydrogens is 210 g/mol. The molecule has 0 aliphatic heterocycles. The minimum absolute atomic E-state index is 0.441. The van der Waals surface area contributed by atoms with Gasteiger partial charge < -0.3 is 10.6 Å². The van der Waals surface area contributed by atoms with Gasteiger partial charge in [-0.2, -0.15) is 0 Å². The van der Waals surface area contributed by atoms with Gasteiger partial charge in [-0.05, 0) is 38.5 Å². The van der Waals surface area contributed by atoms with Crippen LogP contribution in [0.25, 0.3) is 0 Å². The number of rotatable bonds is 4. The third kappa shape index (κ3) is 5.94. The summed E-state index contributed by atoms with van der Waals surface area (Å²) in [5.41, 5.74) is 0. The molecule has 2 N–H and O–H groups in total. The van der Waals surface area contributed by atoms with Gasteiger partial charge in [-0.3, -0.25) is 4.99 Å². The van der Waals surface area contributed by atoms with E-state index in [1.165, 1.54) is 32.1 Å². The first-order valence-corrected chi connectivity index (χ1v) is 7.09. The molecule has 0 bridgehead atoms. The van der Waals surface area contributed by atoms with Crippen molar-refractivity contribution in [1.29, 1.82) is 0 Å². The molecule has 3 nitrogen and oxygen atoms in total. The Bertz CT molecular complexity index is 236. The first kappa shape index (κ1) is 14.3. The second kappa shape index (κ2) is 7.57. The average molecular weight is 239 g/mol. The minimum atomic E-state index is 0.441. The Morgan fingerprint density at radius 2 is 2.12 bits per heavy atom. The summed E-state index contributed by atoms with van der Waals surface area (Å²) in [6, 6.07) is 0.441. The molecule has 0 amide bonds. The van der Waals surface area contributed by atoms with Crippen molar-refractivity contribution < 1.29 is 0 Å². The summed E-state index contributed by atoms with van der Waals surface area (Å²) in [6.07, 6.45) is 6.97. The van der Waals surface area contributed by atoms with Crippen molar-refractivity contribution in [3.63, 3.8) is 0 Å². The Morgan fingerprint density at radius 1 is 1.35 bits per heavy atom. The van der Waals surface area contributed by atoms with Crippen LogP contribution in [0.4, 0.5) is 0 Å². The summed E-state index contributed by atoms with van der Waals surface area (Å²) in [5, 5.41) is 6.72. The quantitative estimate of drug-likeness (QED) is 0.584. The van der Waals surface area contributed by atoms with Crippen LogP contribution in [-0.4, -0.2) is 25.6 Å². The van der Waals surface area contributed by atoms with Crippen LogP contribution in [0.1, 0.15) is 52.9 Å². The largest absolute Gasteiger partial charge is 0.356 e. The lowest BCUT2D eigenvalue weighted by atomic mass is 9.81. The number of hydrogen-bond donors (Lipinski definition) is 2. The number of nitrogens with one attached hydrogen (secondary N) is 2. The average Bonchev–Trinajstić information content (AvgIpc) is 2.27. The highest BCUT2D eigenvalue weighted by atomic mass is 15.2. The van der Waals surface area contributed by atoms with Crippen molar-refractivity contribution in [1.82, 2.24) is 10.6 Å². The molecule has 3 heteroatoms. The predicted octanol–water partition coefficient (Wildman–Crippen LogP) is 2.78. The van der Waals surface area contributed by atoms with Gasteiger partial charge in [0, 0.05) is 19.6 Å². The Morgan fingerprint density at radius 3 is 2.71 bits per heavy atom. The highest BCUT2D eigenvalue weighted by molar-refractivity contribution is 5.79. The summed E-state index contributed by atoms with van der Waals surface area (Å²) >= 11 is 0. The van der Waals surface area contributed by atoms with Crippen LogP contribution in [0.3, 0.4) is 0 Å². The topological polar surface area (TPSA) is 36.4 Å². The highest BCUT2D eigenvalue weighted by Crippen LogP contribution is 2.30. The van der Waals surface area contributed by atoms with E-state index in [1.807, 2.05) is 7.05 Å². The summed E-state index contributed by atoms with van der Waals surface area (Å²) in [5.74, 6) is 2.79. The summed E-state index contributed by atoms with van der Waals surface area (Å²) in [4.78, 5) is 4.22. The third-order valence-electron chi connectivity index (χ3n) is 3.54. The van der Waals surface area contributed by atoms with Gasteiger partial charge in [0.15, 0.2) is 5.96 Å². The van der Waals surface area contributed by atoms with Crippen LogP contribution in [-0.2, 0) is 0 Å². The summed E-state index contributed by atoms with van der Waals surface area (Å²) in [7, 11) is 1.83. The van der Waals surface area contributed by atoms with E-state index in [0.717, 1.165) is 24.3 Å². The Hall–Kier alpha value is -0.730. The lowest BCUT2D eigenvalue weighted by Gasteiger charge is -2.27. The van der Waals surface area contributed by atoms with Gasteiger partial charge in [-0.1, -0.05) is 26.2 Å². The molecule has 17 heavy (non-hydrogen) atoms. The lowest BCUT2D eigenvalue weighted by molar-refractivity contribution is 0.270. The van der Waals surface area contributed by atoms with Gasteiger partial charge in [0.25, 0.3) is 0 Å². The van der Waals surface area contributed by atoms with Gasteiger partial charge >= 0.3 is 0 Å². The summed E-state index contributed by atoms with van der Waals surface area (Å²) in [6.45, 7) is 7.70. The zero-order chi connectivity index (χ0) is 12.7. The Balaban J connectivity index is 2.17. The molecule has 1 saturated carbocycles. The van der Waals surface area contributed by atoms with E-state index >= 15 is 0 Å². The summed E-state index contributed by atoms with van der Waals surface area (Å²) < 4.78 is 0. The molecule has 0 radical (unpaired) electrons. The fourth-order valence-electron chi connectivity index (χ4n) is 2.68. The molecule has 1 fully saturated rings. The lowest BCUT2D eigenvalue weighted by Crippen LogP contribution is -2.41. The molecule has 2 unspecified atom stereocenters. The predicted molar refractivity (Wildman–Crippen MR) is 75.4 cm³/mol. The fraction of sp³-hybridized carbons (Fsp3) is 0.929. The minimum Gasteiger partial charge on any atom is -0.356 e. The Kier molecular flexibility index (Phi) is 6.38. The maximum atomic E-state index is 4.22. The van der Waals surface area contributed by atoms with E-state index in [-0.39, 0.29) is 0 Å². The molecule has 2 atom stereocenters.